The summed E-state index contributed by atoms with van der Waals surface area (Å²) in [5.41, 5.74) is 3.65. The molecule has 21 heavy (non-hydrogen) atoms. The fourth-order valence-corrected chi connectivity index (χ4v) is 2.88. The van der Waals surface area contributed by atoms with Crippen LogP contribution in [0.15, 0.2) is 41.6 Å². The number of hydrogen-bond acceptors (Lipinski definition) is 1. The molecule has 0 saturated heterocycles. The van der Waals surface area contributed by atoms with Crippen molar-refractivity contribution in [3.63, 3.8) is 0 Å². The third kappa shape index (κ3) is 3.02. The van der Waals surface area contributed by atoms with Crippen molar-refractivity contribution in [3.8, 4) is 24.7 Å². The number of allylic oxidation sites excluding steroid dienone is 1. The zero-order chi connectivity index (χ0) is 15.6. The predicted molar refractivity (Wildman–Crippen MR) is 90.8 cm³/mol. The van der Waals surface area contributed by atoms with Crippen molar-refractivity contribution in [2.75, 3.05) is 0 Å². The molecule has 1 nitrogen and oxygen atoms in total. The van der Waals surface area contributed by atoms with E-state index in [4.69, 9.17) is 29.2 Å². The molecule has 0 bridgehead atoms. The van der Waals surface area contributed by atoms with Crippen LogP contribution in [0.25, 0.3) is 0 Å². The van der Waals surface area contributed by atoms with Gasteiger partial charge in [-0.1, -0.05) is 48.4 Å². The molecule has 1 aliphatic rings. The van der Waals surface area contributed by atoms with Gasteiger partial charge in [0.15, 0.2) is 0 Å². The van der Waals surface area contributed by atoms with Gasteiger partial charge in [-0.05, 0) is 24.5 Å². The molecule has 3 heteroatoms. The van der Waals surface area contributed by atoms with Gasteiger partial charge in [-0.25, -0.2) is 0 Å². The zero-order valence-corrected chi connectivity index (χ0v) is 13.0. The van der Waals surface area contributed by atoms with Crippen molar-refractivity contribution in [2.45, 2.75) is 26.3 Å². The van der Waals surface area contributed by atoms with Gasteiger partial charge in [0.05, 0.1) is 5.02 Å². The van der Waals surface area contributed by atoms with E-state index in [0.29, 0.717) is 16.3 Å². The number of terminal acetylenes is 2. The average Bonchev–Trinajstić information content (AvgIpc) is 2.45. The predicted octanol–water partition coefficient (Wildman–Crippen LogP) is 3.44. The molecular weight excluding hydrogens is 278 g/mol. The van der Waals surface area contributed by atoms with Gasteiger partial charge in [0.1, 0.15) is 11.9 Å². The molecule has 0 spiro atoms. The van der Waals surface area contributed by atoms with E-state index >= 15 is 0 Å². The van der Waals surface area contributed by atoms with Gasteiger partial charge >= 0.3 is 0 Å². The molecule has 0 amide bonds. The van der Waals surface area contributed by atoms with E-state index < -0.39 is 0 Å². The van der Waals surface area contributed by atoms with Crippen molar-refractivity contribution in [2.24, 2.45) is 0 Å². The van der Waals surface area contributed by atoms with Gasteiger partial charge in [0.25, 0.3) is 0 Å². The third-order valence-corrected chi connectivity index (χ3v) is 4.03. The van der Waals surface area contributed by atoms with Crippen LogP contribution in [0.1, 0.15) is 18.9 Å². The Hall–Kier alpha value is -2.03. The molecule has 104 valence electrons. The summed E-state index contributed by atoms with van der Waals surface area (Å²) in [7, 11) is 0. The number of hydrogen-bond donors (Lipinski definition) is 0. The van der Waals surface area contributed by atoms with E-state index in [9.17, 15) is 0 Å². The first-order valence-corrected chi connectivity index (χ1v) is 7.17. The molecule has 1 aliphatic heterocycles. The highest BCUT2D eigenvalue weighted by molar-refractivity contribution is 6.79. The molecule has 1 aromatic rings. The lowest BCUT2D eigenvalue weighted by Gasteiger charge is -2.28. The van der Waals surface area contributed by atoms with Crippen molar-refractivity contribution in [3.05, 3.63) is 52.2 Å². The van der Waals surface area contributed by atoms with Gasteiger partial charge in [-0.15, -0.1) is 12.8 Å². The molecular formula is C18H16BClO. The smallest absolute Gasteiger partial charge is 0.212 e. The first-order valence-electron chi connectivity index (χ1n) is 6.79. The van der Waals surface area contributed by atoms with Crippen molar-refractivity contribution < 1.29 is 4.74 Å². The second kappa shape index (κ2) is 6.17. The summed E-state index contributed by atoms with van der Waals surface area (Å²) in [4.78, 5) is 0. The first-order chi connectivity index (χ1) is 9.97. The standard InChI is InChI=1S/C18H16BClO/c1-6-14-8-9-16(11-17(14)20)19(5)18-13(4)21-12(3)10-15(18)7-2/h1-2,8-9,11-12H,4,10H2,3,5H3/t12-/m0/s1. The zero-order valence-electron chi connectivity index (χ0n) is 12.2. The topological polar surface area (TPSA) is 9.23 Å². The monoisotopic (exact) mass is 294 g/mol. The molecule has 1 heterocycles. The Morgan fingerprint density at radius 2 is 2.10 bits per heavy atom. The SMILES string of the molecule is C#CC1=C(B(C)c2ccc(C#C)c(Cl)c2)C(=C)O[C@@H](C)C1. The van der Waals surface area contributed by atoms with Crippen molar-refractivity contribution in [1.82, 2.24) is 0 Å². The van der Waals surface area contributed by atoms with Gasteiger partial charge < -0.3 is 4.74 Å². The third-order valence-electron chi connectivity index (χ3n) is 3.72. The average molecular weight is 295 g/mol. The molecule has 0 unspecified atom stereocenters. The maximum atomic E-state index is 6.19. The molecule has 0 N–H and O–H groups in total. The molecule has 0 fully saturated rings. The lowest BCUT2D eigenvalue weighted by Crippen LogP contribution is -2.34. The van der Waals surface area contributed by atoms with Crippen LogP contribution in [0.2, 0.25) is 11.8 Å². The molecule has 0 saturated carbocycles. The van der Waals surface area contributed by atoms with E-state index in [1.165, 1.54) is 0 Å². The van der Waals surface area contributed by atoms with Gasteiger partial charge in [-0.3, -0.25) is 0 Å². The molecule has 0 aliphatic carbocycles. The number of ether oxygens (including phenoxy) is 1. The van der Waals surface area contributed by atoms with E-state index in [-0.39, 0.29) is 12.8 Å². The van der Waals surface area contributed by atoms with Gasteiger partial charge in [0, 0.05) is 17.6 Å². The van der Waals surface area contributed by atoms with E-state index in [2.05, 4.69) is 25.2 Å². The van der Waals surface area contributed by atoms with Crippen LogP contribution in [-0.2, 0) is 4.74 Å². The summed E-state index contributed by atoms with van der Waals surface area (Å²) >= 11 is 6.19. The minimum Gasteiger partial charge on any atom is -0.491 e. The quantitative estimate of drug-likeness (QED) is 0.600. The Morgan fingerprint density at radius 1 is 1.38 bits per heavy atom. The van der Waals surface area contributed by atoms with Crippen molar-refractivity contribution >= 4 is 23.8 Å². The normalized spacial score (nSPS) is 17.8. The van der Waals surface area contributed by atoms with Crippen LogP contribution in [0.4, 0.5) is 0 Å². The lowest BCUT2D eigenvalue weighted by atomic mass is 9.40. The molecule has 2 rings (SSSR count). The van der Waals surface area contributed by atoms with Crippen LogP contribution in [0, 0.1) is 24.7 Å². The maximum absolute atomic E-state index is 6.19. The summed E-state index contributed by atoms with van der Waals surface area (Å²) in [6.07, 6.45) is 11.8. The van der Waals surface area contributed by atoms with Crippen LogP contribution in [-0.4, -0.2) is 12.8 Å². The van der Waals surface area contributed by atoms with Crippen LogP contribution in [0.5, 0.6) is 0 Å². The number of benzene rings is 1. The molecule has 1 aromatic carbocycles. The largest absolute Gasteiger partial charge is 0.491 e. The molecule has 1 atom stereocenters. The summed E-state index contributed by atoms with van der Waals surface area (Å²) in [6.45, 7) is 8.12. The van der Waals surface area contributed by atoms with Gasteiger partial charge in [0.2, 0.25) is 6.71 Å². The van der Waals surface area contributed by atoms with Crippen molar-refractivity contribution in [1.29, 1.82) is 0 Å². The Bertz CT molecular complexity index is 703. The summed E-state index contributed by atoms with van der Waals surface area (Å²) in [5, 5.41) is 0.570. The summed E-state index contributed by atoms with van der Waals surface area (Å²) < 4.78 is 5.74. The fourth-order valence-electron chi connectivity index (χ4n) is 2.64. The fraction of sp³-hybridized carbons (Fsp3) is 0.222. The Balaban J connectivity index is 2.46. The Kier molecular flexibility index (Phi) is 4.51. The van der Waals surface area contributed by atoms with Crippen LogP contribution < -0.4 is 5.46 Å². The minimum atomic E-state index is 0.0559. The second-order valence-electron chi connectivity index (χ2n) is 5.20. The van der Waals surface area contributed by atoms with Gasteiger partial charge in [-0.2, -0.15) is 0 Å². The van der Waals surface area contributed by atoms with E-state index in [1.54, 1.807) is 0 Å². The highest BCUT2D eigenvalue weighted by Gasteiger charge is 2.28. The summed E-state index contributed by atoms with van der Waals surface area (Å²) in [5.74, 6) is 5.98. The number of halogens is 1. The molecule has 0 radical (unpaired) electrons. The summed E-state index contributed by atoms with van der Waals surface area (Å²) in [6, 6.07) is 5.70. The Morgan fingerprint density at radius 3 is 2.67 bits per heavy atom. The second-order valence-corrected chi connectivity index (χ2v) is 5.60. The van der Waals surface area contributed by atoms with Crippen LogP contribution in [0.3, 0.4) is 0 Å². The highest BCUT2D eigenvalue weighted by Crippen LogP contribution is 2.29. The van der Waals surface area contributed by atoms with E-state index in [1.807, 2.05) is 25.1 Å². The number of rotatable bonds is 2. The van der Waals surface area contributed by atoms with E-state index in [0.717, 1.165) is 22.9 Å². The molecule has 0 aromatic heterocycles. The maximum Gasteiger partial charge on any atom is 0.212 e. The Labute approximate surface area is 132 Å². The first kappa shape index (κ1) is 15.4. The highest BCUT2D eigenvalue weighted by atomic mass is 35.5. The minimum absolute atomic E-state index is 0.0559. The van der Waals surface area contributed by atoms with Crippen LogP contribution >= 0.6 is 11.6 Å². The lowest BCUT2D eigenvalue weighted by molar-refractivity contribution is 0.133.